The van der Waals surface area contributed by atoms with Crippen molar-refractivity contribution in [1.82, 2.24) is 45.5 Å². The number of hydrogen-bond acceptors (Lipinski definition) is 9. The van der Waals surface area contributed by atoms with Crippen molar-refractivity contribution in [3.05, 3.63) is 72.3 Å². The first-order valence-corrected chi connectivity index (χ1v) is 11.4. The van der Waals surface area contributed by atoms with Crippen molar-refractivity contribution in [2.24, 2.45) is 7.05 Å². The molecular weight excluding hydrogens is 488 g/mol. The minimum atomic E-state index is -0.130. The maximum absolute atomic E-state index is 12.3. The maximum Gasteiger partial charge on any atom is 0.251 e. The largest absolute Gasteiger partial charge is 0.369 e. The van der Waals surface area contributed by atoms with Crippen LogP contribution in [0.2, 0.25) is 0 Å². The normalized spacial score (nSPS) is 11.5. The van der Waals surface area contributed by atoms with E-state index in [0.29, 0.717) is 29.4 Å². The lowest BCUT2D eigenvalue weighted by Crippen LogP contribution is -2.18. The van der Waals surface area contributed by atoms with Crippen molar-refractivity contribution in [1.29, 1.82) is 0 Å². The topological polar surface area (TPSA) is 136 Å². The Labute approximate surface area is 220 Å². The maximum atomic E-state index is 12.3. The summed E-state index contributed by atoms with van der Waals surface area (Å²) in [5.74, 6) is 1.27. The summed E-state index contributed by atoms with van der Waals surface area (Å²) in [5, 5.41) is 18.4. The van der Waals surface area contributed by atoms with E-state index in [0.717, 1.165) is 27.7 Å². The van der Waals surface area contributed by atoms with Gasteiger partial charge in [0.2, 0.25) is 0 Å². The van der Waals surface area contributed by atoms with E-state index in [1.165, 1.54) is 6.33 Å². The number of nitrogens with one attached hydrogen (secondary N) is 2. The Kier molecular flexibility index (Phi) is 7.68. The Morgan fingerprint density at radius 3 is 2.65 bits per heavy atom. The van der Waals surface area contributed by atoms with E-state index in [1.807, 2.05) is 36.4 Å². The van der Waals surface area contributed by atoms with E-state index in [2.05, 4.69) is 53.0 Å². The van der Waals surface area contributed by atoms with Gasteiger partial charge in [-0.05, 0) is 34.2 Å². The molecule has 0 bridgehead atoms. The third-order valence-corrected chi connectivity index (χ3v) is 5.97. The molecule has 0 aliphatic carbocycles. The number of anilines is 1. The van der Waals surface area contributed by atoms with Crippen molar-refractivity contribution in [3.8, 4) is 22.8 Å². The number of aromatic nitrogens is 8. The van der Waals surface area contributed by atoms with E-state index in [9.17, 15) is 4.79 Å². The molecule has 0 aliphatic heterocycles. The van der Waals surface area contributed by atoms with Gasteiger partial charge in [0, 0.05) is 56.0 Å². The Hall–Kier alpha value is -4.45. The Balaban J connectivity index is 0.00000320. The van der Waals surface area contributed by atoms with Crippen molar-refractivity contribution >= 4 is 36.1 Å². The molecule has 188 valence electrons. The fourth-order valence-electron chi connectivity index (χ4n) is 4.03. The molecule has 37 heavy (non-hydrogen) atoms. The SMILES string of the molecule is CNC(=O)c1ccnc2c([C@H](C)CNc3cc(-c4ccc(-c5nnnn5C)nc4)ncn3)cccc12.S. The van der Waals surface area contributed by atoms with Crippen LogP contribution in [-0.4, -0.2) is 59.6 Å². The van der Waals surface area contributed by atoms with Gasteiger partial charge in [-0.3, -0.25) is 14.8 Å². The summed E-state index contributed by atoms with van der Waals surface area (Å²) >= 11 is 0. The summed E-state index contributed by atoms with van der Waals surface area (Å²) in [6.07, 6.45) is 4.94. The molecule has 1 amide bonds. The first-order valence-electron chi connectivity index (χ1n) is 11.4. The quantitative estimate of drug-likeness (QED) is 0.336. The Morgan fingerprint density at radius 2 is 1.92 bits per heavy atom. The smallest absolute Gasteiger partial charge is 0.251 e. The highest BCUT2D eigenvalue weighted by Crippen LogP contribution is 2.27. The first kappa shape index (κ1) is 25.6. The van der Waals surface area contributed by atoms with Gasteiger partial charge in [-0.15, -0.1) is 5.10 Å². The molecule has 5 rings (SSSR count). The van der Waals surface area contributed by atoms with Crippen LogP contribution in [0.5, 0.6) is 0 Å². The molecule has 0 saturated heterocycles. The van der Waals surface area contributed by atoms with Crippen LogP contribution in [0.25, 0.3) is 33.7 Å². The molecule has 0 fully saturated rings. The zero-order valence-corrected chi connectivity index (χ0v) is 21.5. The zero-order valence-electron chi connectivity index (χ0n) is 20.5. The van der Waals surface area contributed by atoms with Crippen molar-refractivity contribution in [2.45, 2.75) is 12.8 Å². The summed E-state index contributed by atoms with van der Waals surface area (Å²) in [5.41, 5.74) is 4.76. The highest BCUT2D eigenvalue weighted by molar-refractivity contribution is 7.59. The predicted molar refractivity (Wildman–Crippen MR) is 145 cm³/mol. The van der Waals surface area contributed by atoms with Gasteiger partial charge in [0.25, 0.3) is 5.91 Å². The minimum absolute atomic E-state index is 0. The molecule has 0 spiro atoms. The number of rotatable bonds is 7. The summed E-state index contributed by atoms with van der Waals surface area (Å²) in [6.45, 7) is 2.74. The molecule has 2 N–H and O–H groups in total. The first-order chi connectivity index (χ1) is 17.5. The third kappa shape index (κ3) is 5.23. The zero-order chi connectivity index (χ0) is 25.1. The van der Waals surface area contributed by atoms with Crippen LogP contribution in [-0.2, 0) is 7.05 Å². The molecule has 12 heteroatoms. The molecule has 4 aromatic heterocycles. The minimum Gasteiger partial charge on any atom is -0.369 e. The van der Waals surface area contributed by atoms with E-state index in [1.54, 1.807) is 37.2 Å². The number of tetrazole rings is 1. The molecule has 5 aromatic rings. The number of pyridine rings is 2. The fraction of sp³-hybridized carbons (Fsp3) is 0.200. The lowest BCUT2D eigenvalue weighted by molar-refractivity contribution is 0.0964. The van der Waals surface area contributed by atoms with Crippen molar-refractivity contribution in [2.75, 3.05) is 18.9 Å². The van der Waals surface area contributed by atoms with Crippen LogP contribution in [0.4, 0.5) is 5.82 Å². The molecular formula is C25H26N10OS. The molecule has 1 atom stereocenters. The monoisotopic (exact) mass is 514 g/mol. The predicted octanol–water partition coefficient (Wildman–Crippen LogP) is 2.97. The number of nitrogens with zero attached hydrogens (tertiary/aromatic N) is 8. The number of carbonyl (C=O) groups is 1. The van der Waals surface area contributed by atoms with E-state index >= 15 is 0 Å². The number of aryl methyl sites for hydroxylation is 1. The van der Waals surface area contributed by atoms with E-state index in [-0.39, 0.29) is 25.3 Å². The third-order valence-electron chi connectivity index (χ3n) is 5.97. The van der Waals surface area contributed by atoms with Crippen molar-refractivity contribution < 1.29 is 4.79 Å². The molecule has 4 heterocycles. The molecule has 0 saturated carbocycles. The van der Waals surface area contributed by atoms with E-state index < -0.39 is 0 Å². The summed E-state index contributed by atoms with van der Waals surface area (Å²) in [7, 11) is 3.39. The van der Waals surface area contributed by atoms with Gasteiger partial charge in [0.05, 0.1) is 16.8 Å². The summed E-state index contributed by atoms with van der Waals surface area (Å²) in [6, 6.07) is 13.3. The van der Waals surface area contributed by atoms with Crippen LogP contribution in [0, 0.1) is 0 Å². The highest BCUT2D eigenvalue weighted by atomic mass is 32.1. The van der Waals surface area contributed by atoms with Gasteiger partial charge < -0.3 is 10.6 Å². The highest BCUT2D eigenvalue weighted by Gasteiger charge is 2.15. The molecule has 1 aromatic carbocycles. The van der Waals surface area contributed by atoms with Gasteiger partial charge in [0.15, 0.2) is 5.82 Å². The summed E-state index contributed by atoms with van der Waals surface area (Å²) < 4.78 is 1.57. The van der Waals surface area contributed by atoms with Gasteiger partial charge >= 0.3 is 0 Å². The number of carbonyl (C=O) groups excluding carboxylic acids is 1. The van der Waals surface area contributed by atoms with Gasteiger partial charge in [0.1, 0.15) is 17.8 Å². The number of fused-ring (bicyclic) bond motifs is 1. The van der Waals surface area contributed by atoms with Gasteiger partial charge in [-0.25, -0.2) is 14.6 Å². The van der Waals surface area contributed by atoms with Crippen LogP contribution in [0.3, 0.4) is 0 Å². The number of benzene rings is 1. The standard InChI is InChI=1S/C25H24N10O.H2S/c1-15(17-5-4-6-18-19(25(36)26-2)9-10-27-23(17)18)12-29-22-11-21(30-14-31-22)16-7-8-20(28-13-16)24-32-33-34-35(24)3;/h4-11,13-15H,12H2,1-3H3,(H,26,36)(H,29,30,31);1H2/t15-;/m1./s1. The molecule has 11 nitrogen and oxygen atoms in total. The van der Waals surface area contributed by atoms with Gasteiger partial charge in [-0.2, -0.15) is 13.5 Å². The van der Waals surface area contributed by atoms with Crippen LogP contribution in [0.1, 0.15) is 28.8 Å². The van der Waals surface area contributed by atoms with Gasteiger partial charge in [-0.1, -0.05) is 25.1 Å². The van der Waals surface area contributed by atoms with E-state index in [4.69, 9.17) is 0 Å². The number of para-hydroxylation sites is 1. The second-order valence-electron chi connectivity index (χ2n) is 8.31. The van der Waals surface area contributed by atoms with Crippen LogP contribution in [0.15, 0.2) is 61.2 Å². The number of hydrogen-bond donors (Lipinski definition) is 2. The molecule has 0 radical (unpaired) electrons. The molecule has 0 unspecified atom stereocenters. The Bertz CT molecular complexity index is 1540. The van der Waals surface area contributed by atoms with Crippen molar-refractivity contribution in [3.63, 3.8) is 0 Å². The molecule has 0 aliphatic rings. The fourth-order valence-corrected chi connectivity index (χ4v) is 4.03. The lowest BCUT2D eigenvalue weighted by Gasteiger charge is -2.16. The second-order valence-corrected chi connectivity index (χ2v) is 8.31. The van der Waals surface area contributed by atoms with Crippen LogP contribution < -0.4 is 10.6 Å². The summed E-state index contributed by atoms with van der Waals surface area (Å²) in [4.78, 5) is 30.1. The van der Waals surface area contributed by atoms with Crippen LogP contribution >= 0.6 is 13.5 Å². The second kappa shape index (κ2) is 11.1. The lowest BCUT2D eigenvalue weighted by atomic mass is 9.96. The average molecular weight is 515 g/mol. The number of amides is 1. The Morgan fingerprint density at radius 1 is 1.05 bits per heavy atom. The average Bonchev–Trinajstić information content (AvgIpc) is 3.36.